The monoisotopic (exact) mass is 339 g/mol. The van der Waals surface area contributed by atoms with Crippen LogP contribution in [0.4, 0.5) is 28.9 Å². The molecule has 1 rings (SSSR count). The highest BCUT2D eigenvalue weighted by Crippen LogP contribution is 2.36. The van der Waals surface area contributed by atoms with E-state index in [9.17, 15) is 42.4 Å². The van der Waals surface area contributed by atoms with Crippen LogP contribution < -0.4 is 10.4 Å². The number of alkyl halides is 4. The van der Waals surface area contributed by atoms with Crippen LogP contribution >= 0.6 is 0 Å². The molecule has 0 fully saturated rings. The van der Waals surface area contributed by atoms with Crippen LogP contribution in [0.25, 0.3) is 0 Å². The maximum absolute atomic E-state index is 13.6. The number of nitrogens with zero attached hydrogens (tertiary/aromatic N) is 1. The van der Waals surface area contributed by atoms with Crippen LogP contribution in [-0.2, 0) is 9.53 Å². The number of methoxy groups -OCH3 is 1. The van der Waals surface area contributed by atoms with Gasteiger partial charge in [0.1, 0.15) is 0 Å². The Morgan fingerprint density at radius 3 is 2.22 bits per heavy atom. The van der Waals surface area contributed by atoms with E-state index in [0.29, 0.717) is 19.2 Å². The lowest BCUT2D eigenvalue weighted by Crippen LogP contribution is -2.52. The van der Waals surface area contributed by atoms with Crippen molar-refractivity contribution >= 4 is 23.3 Å². The van der Waals surface area contributed by atoms with Crippen LogP contribution in [0.3, 0.4) is 0 Å². The Balaban J connectivity index is 3.20. The number of hydrogen-bond acceptors (Lipinski definition) is 6. The molecular formula is C11H7F4N2O6-. The fourth-order valence-electron chi connectivity index (χ4n) is 1.48. The van der Waals surface area contributed by atoms with Crippen molar-refractivity contribution in [2.75, 3.05) is 12.4 Å². The predicted molar refractivity (Wildman–Crippen MR) is 63.0 cm³/mol. The lowest BCUT2D eigenvalue weighted by molar-refractivity contribution is -0.385. The van der Waals surface area contributed by atoms with Gasteiger partial charge in [-0.05, 0) is 12.1 Å². The number of carboxylic acid groups (broad SMARTS) is 1. The van der Waals surface area contributed by atoms with Crippen molar-refractivity contribution in [1.82, 2.24) is 0 Å². The first-order chi connectivity index (χ1) is 10.4. The maximum atomic E-state index is 13.6. The standard InChI is InChI=1S/C11H8F4N2O6/c1-23-10(12,11(13,14)15)9(20)16-5-2-3-6(8(18)19)7(4-5)17(21)22/h2-4H,1H3,(H,16,20)(H,18,19)/p-1/t10-/m0/s1. The van der Waals surface area contributed by atoms with E-state index in [1.807, 2.05) is 0 Å². The Bertz CT molecular complexity index is 662. The van der Waals surface area contributed by atoms with Gasteiger partial charge in [0.05, 0.1) is 16.5 Å². The number of hydrogen-bond donors (Lipinski definition) is 1. The molecule has 12 heteroatoms. The van der Waals surface area contributed by atoms with Crippen molar-refractivity contribution in [1.29, 1.82) is 0 Å². The summed E-state index contributed by atoms with van der Waals surface area (Å²) in [4.78, 5) is 31.6. The highest BCUT2D eigenvalue weighted by Gasteiger charge is 2.63. The minimum Gasteiger partial charge on any atom is -0.545 e. The van der Waals surface area contributed by atoms with E-state index in [4.69, 9.17) is 0 Å². The number of halogens is 4. The average molecular weight is 339 g/mol. The molecule has 0 spiro atoms. The first kappa shape index (κ1) is 18.3. The summed E-state index contributed by atoms with van der Waals surface area (Å²) in [6.07, 6.45) is -5.71. The van der Waals surface area contributed by atoms with E-state index in [1.54, 1.807) is 0 Å². The Labute approximate surface area is 124 Å². The normalized spacial score (nSPS) is 14.0. The fourth-order valence-corrected chi connectivity index (χ4v) is 1.48. The van der Waals surface area contributed by atoms with Gasteiger partial charge in [0.2, 0.25) is 0 Å². The number of anilines is 1. The number of nitro groups is 1. The number of benzene rings is 1. The van der Waals surface area contributed by atoms with Crippen LogP contribution in [0.2, 0.25) is 0 Å². The smallest absolute Gasteiger partial charge is 0.458 e. The summed E-state index contributed by atoms with van der Waals surface area (Å²) in [6.45, 7) is 0. The fraction of sp³-hybridized carbons (Fsp3) is 0.273. The lowest BCUT2D eigenvalue weighted by atomic mass is 10.1. The molecule has 0 aliphatic rings. The molecule has 0 saturated carbocycles. The quantitative estimate of drug-likeness (QED) is 0.480. The highest BCUT2D eigenvalue weighted by atomic mass is 19.4. The SMILES string of the molecule is CO[C@@](F)(C(=O)Nc1ccc(C(=O)[O-])c([N+](=O)[O-])c1)C(F)(F)F. The summed E-state index contributed by atoms with van der Waals surface area (Å²) in [6, 6.07) is 1.78. The zero-order valence-electron chi connectivity index (χ0n) is 11.1. The Kier molecular flexibility index (Phi) is 4.90. The second kappa shape index (κ2) is 6.16. The van der Waals surface area contributed by atoms with Crippen LogP contribution in [-0.4, -0.2) is 35.9 Å². The maximum Gasteiger partial charge on any atom is 0.458 e. The molecular weight excluding hydrogens is 332 g/mol. The van der Waals surface area contributed by atoms with E-state index in [2.05, 4.69) is 4.74 Å². The molecule has 0 unspecified atom stereocenters. The number of nitrogens with one attached hydrogen (secondary N) is 1. The minimum atomic E-state index is -5.71. The third-order valence-corrected chi connectivity index (χ3v) is 2.61. The highest BCUT2D eigenvalue weighted by molar-refractivity contribution is 5.98. The first-order valence-electron chi connectivity index (χ1n) is 5.56. The number of nitro benzene ring substituents is 1. The molecule has 1 aromatic carbocycles. The topological polar surface area (TPSA) is 122 Å². The molecule has 0 radical (unpaired) electrons. The van der Waals surface area contributed by atoms with Crippen molar-refractivity contribution in [3.8, 4) is 0 Å². The average Bonchev–Trinajstić information content (AvgIpc) is 2.44. The van der Waals surface area contributed by atoms with Gasteiger partial charge in [-0.3, -0.25) is 14.9 Å². The molecule has 126 valence electrons. The van der Waals surface area contributed by atoms with Crippen LogP contribution in [0.5, 0.6) is 0 Å². The molecule has 0 aliphatic carbocycles. The van der Waals surface area contributed by atoms with Gasteiger partial charge < -0.3 is 20.0 Å². The van der Waals surface area contributed by atoms with E-state index < -0.39 is 45.8 Å². The van der Waals surface area contributed by atoms with Crippen molar-refractivity contribution in [2.24, 2.45) is 0 Å². The van der Waals surface area contributed by atoms with Crippen LogP contribution in [0.1, 0.15) is 10.4 Å². The lowest BCUT2D eigenvalue weighted by Gasteiger charge is -2.24. The van der Waals surface area contributed by atoms with Gasteiger partial charge in [0.15, 0.2) is 0 Å². The van der Waals surface area contributed by atoms with Gasteiger partial charge in [-0.1, -0.05) is 0 Å². The number of carbonyl (C=O) groups excluding carboxylic acids is 2. The van der Waals surface area contributed by atoms with Crippen molar-refractivity contribution < 1.29 is 41.9 Å². The number of carbonyl (C=O) groups is 2. The van der Waals surface area contributed by atoms with E-state index in [1.165, 1.54) is 5.32 Å². The van der Waals surface area contributed by atoms with Gasteiger partial charge in [0.25, 0.3) is 11.6 Å². The van der Waals surface area contributed by atoms with Crippen molar-refractivity contribution in [2.45, 2.75) is 12.0 Å². The molecule has 1 N–H and O–H groups in total. The molecule has 0 bridgehead atoms. The van der Waals surface area contributed by atoms with Gasteiger partial charge in [0, 0.05) is 18.9 Å². The summed E-state index contributed by atoms with van der Waals surface area (Å²) in [5, 5.41) is 22.8. The number of rotatable bonds is 5. The second-order valence-corrected chi connectivity index (χ2v) is 4.03. The van der Waals surface area contributed by atoms with Gasteiger partial charge in [-0.25, -0.2) is 0 Å². The zero-order valence-corrected chi connectivity index (χ0v) is 11.1. The third-order valence-electron chi connectivity index (χ3n) is 2.61. The summed E-state index contributed by atoms with van der Waals surface area (Å²) in [7, 11) is 0.300. The van der Waals surface area contributed by atoms with E-state index in [-0.39, 0.29) is 0 Å². The Morgan fingerprint density at radius 1 is 1.26 bits per heavy atom. The molecule has 23 heavy (non-hydrogen) atoms. The minimum absolute atomic E-state index is 0.300. The summed E-state index contributed by atoms with van der Waals surface area (Å²) < 4.78 is 54.6. The molecule has 1 amide bonds. The molecule has 8 nitrogen and oxygen atoms in total. The van der Waals surface area contributed by atoms with Gasteiger partial charge >= 0.3 is 12.0 Å². The Morgan fingerprint density at radius 2 is 1.83 bits per heavy atom. The predicted octanol–water partition coefficient (Wildman–Crippen LogP) is 0.771. The van der Waals surface area contributed by atoms with Crippen molar-refractivity contribution in [3.63, 3.8) is 0 Å². The van der Waals surface area contributed by atoms with Gasteiger partial charge in [-0.2, -0.15) is 17.6 Å². The summed E-state index contributed by atoms with van der Waals surface area (Å²) in [5.41, 5.74) is -2.58. The number of amides is 1. The van der Waals surface area contributed by atoms with Gasteiger partial charge in [-0.15, -0.1) is 0 Å². The van der Waals surface area contributed by atoms with Crippen LogP contribution in [0, 0.1) is 10.1 Å². The first-order valence-corrected chi connectivity index (χ1v) is 5.56. The van der Waals surface area contributed by atoms with E-state index in [0.717, 1.165) is 6.07 Å². The molecule has 0 aliphatic heterocycles. The summed E-state index contributed by atoms with van der Waals surface area (Å²) in [5.74, 6) is -8.89. The largest absolute Gasteiger partial charge is 0.545 e. The third kappa shape index (κ3) is 3.53. The zero-order chi connectivity index (χ0) is 18.0. The second-order valence-electron chi connectivity index (χ2n) is 4.03. The van der Waals surface area contributed by atoms with E-state index >= 15 is 0 Å². The Hall–Kier alpha value is -2.76. The number of ether oxygens (including phenoxy) is 1. The molecule has 0 aromatic heterocycles. The number of carboxylic acids is 1. The van der Waals surface area contributed by atoms with Crippen molar-refractivity contribution in [3.05, 3.63) is 33.9 Å². The van der Waals surface area contributed by atoms with Crippen LogP contribution in [0.15, 0.2) is 18.2 Å². The molecule has 0 heterocycles. The molecule has 0 saturated heterocycles. The molecule has 1 aromatic rings. The summed E-state index contributed by atoms with van der Waals surface area (Å²) >= 11 is 0. The number of aromatic carboxylic acids is 1. The molecule has 1 atom stereocenters.